The van der Waals surface area contributed by atoms with Gasteiger partial charge in [-0.2, -0.15) is 0 Å². The van der Waals surface area contributed by atoms with Crippen molar-refractivity contribution in [2.45, 2.75) is 6.10 Å². The van der Waals surface area contributed by atoms with Crippen molar-refractivity contribution in [1.82, 2.24) is 0 Å². The van der Waals surface area contributed by atoms with E-state index in [9.17, 15) is 4.79 Å². The maximum atomic E-state index is 10.0. The molecule has 0 heterocycles. The molecular weight excluding hydrogens is 132 g/mol. The molecule has 0 fully saturated rings. The van der Waals surface area contributed by atoms with E-state index in [-0.39, 0.29) is 5.76 Å². The van der Waals surface area contributed by atoms with Gasteiger partial charge in [-0.3, -0.25) is 4.79 Å². The highest BCUT2D eigenvalue weighted by Crippen LogP contribution is 2.13. The number of hydrogen-bond donors (Lipinski definition) is 2. The molecule has 0 aromatic rings. The minimum atomic E-state index is -0.839. The Balaban J connectivity index is 2.76. The molecule has 0 bridgehead atoms. The molecule has 1 aliphatic rings. The second-order valence-corrected chi connectivity index (χ2v) is 2.08. The Labute approximate surface area is 58.3 Å². The normalized spacial score (nSPS) is 31.5. The van der Waals surface area contributed by atoms with E-state index in [0.717, 1.165) is 0 Å². The van der Waals surface area contributed by atoms with Gasteiger partial charge >= 0.3 is 0 Å². The second-order valence-electron chi connectivity index (χ2n) is 2.08. The highest BCUT2D eigenvalue weighted by atomic mass is 16.3. The van der Waals surface area contributed by atoms with Crippen LogP contribution >= 0.6 is 0 Å². The van der Waals surface area contributed by atoms with Crippen LogP contribution in [0.25, 0.3) is 0 Å². The lowest BCUT2D eigenvalue weighted by Crippen LogP contribution is -2.19. The minimum absolute atomic E-state index is 0.00125. The number of hydrogen-bond acceptors (Lipinski definition) is 3. The smallest absolute Gasteiger partial charge is 0.209 e. The molecule has 0 saturated heterocycles. The topological polar surface area (TPSA) is 57.5 Å². The molecule has 3 nitrogen and oxygen atoms in total. The molecule has 0 spiro atoms. The van der Waals surface area contributed by atoms with Crippen LogP contribution in [0.2, 0.25) is 0 Å². The van der Waals surface area contributed by atoms with Crippen molar-refractivity contribution in [2.24, 2.45) is 5.92 Å². The quantitative estimate of drug-likeness (QED) is 0.541. The zero-order chi connectivity index (χ0) is 7.56. The van der Waals surface area contributed by atoms with Crippen LogP contribution in [0.15, 0.2) is 24.0 Å². The van der Waals surface area contributed by atoms with Gasteiger partial charge in [0.2, 0.25) is 6.29 Å². The van der Waals surface area contributed by atoms with E-state index in [1.807, 2.05) is 0 Å². The van der Waals surface area contributed by atoms with E-state index >= 15 is 0 Å². The van der Waals surface area contributed by atoms with Crippen molar-refractivity contribution in [3.8, 4) is 0 Å². The Bertz CT molecular complexity index is 193. The van der Waals surface area contributed by atoms with Crippen LogP contribution in [-0.4, -0.2) is 22.6 Å². The predicted octanol–water partition coefficient (Wildman–Crippen LogP) is 0.0849. The summed E-state index contributed by atoms with van der Waals surface area (Å²) in [6, 6.07) is 0. The highest BCUT2D eigenvalue weighted by molar-refractivity contribution is 5.60. The lowest BCUT2D eigenvalue weighted by atomic mass is 9.99. The first-order valence-electron chi connectivity index (χ1n) is 2.89. The molecule has 2 atom stereocenters. The average molecular weight is 139 g/mol. The summed E-state index contributed by atoms with van der Waals surface area (Å²) in [6.07, 6.45) is 4.72. The maximum Gasteiger partial charge on any atom is 0.209 e. The number of allylic oxidation sites excluding steroid dienone is 1. The average Bonchev–Trinajstić information content (AvgIpc) is 1.94. The lowest BCUT2D eigenvalue weighted by molar-refractivity contribution is 0.196. The van der Waals surface area contributed by atoms with Crippen molar-refractivity contribution in [3.05, 3.63) is 24.0 Å². The molecule has 1 rings (SSSR count). The molecule has 0 saturated carbocycles. The third kappa shape index (κ3) is 1.25. The maximum absolute atomic E-state index is 10.0. The fourth-order valence-corrected chi connectivity index (χ4v) is 0.759. The fraction of sp³-hybridized carbons (Fsp3) is 0.286. The Kier molecular flexibility index (Phi) is 1.87. The molecule has 2 N–H and O–H groups in total. The highest BCUT2D eigenvalue weighted by Gasteiger charge is 2.17. The van der Waals surface area contributed by atoms with Crippen LogP contribution in [0.4, 0.5) is 0 Å². The van der Waals surface area contributed by atoms with Crippen LogP contribution in [0, 0.1) is 5.92 Å². The van der Waals surface area contributed by atoms with Gasteiger partial charge in [0.15, 0.2) is 0 Å². The summed E-state index contributed by atoms with van der Waals surface area (Å²) < 4.78 is 0. The predicted molar refractivity (Wildman–Crippen MR) is 35.0 cm³/mol. The molecule has 2 unspecified atom stereocenters. The summed E-state index contributed by atoms with van der Waals surface area (Å²) in [4.78, 5) is 10.0. The van der Waals surface area contributed by atoms with Crippen LogP contribution in [0.3, 0.4) is 0 Å². The number of aliphatic hydroxyl groups is 2. The van der Waals surface area contributed by atoms with E-state index in [1.165, 1.54) is 18.2 Å². The summed E-state index contributed by atoms with van der Waals surface area (Å²) >= 11 is 0. The number of aliphatic hydroxyl groups excluding tert-OH is 2. The van der Waals surface area contributed by atoms with Gasteiger partial charge < -0.3 is 10.2 Å². The van der Waals surface area contributed by atoms with E-state index in [2.05, 4.69) is 0 Å². The molecule has 0 amide bonds. The SMILES string of the molecule is O=[C]C1C=C(O)C=CC1O. The van der Waals surface area contributed by atoms with Crippen LogP contribution in [-0.2, 0) is 4.79 Å². The minimum Gasteiger partial charge on any atom is -0.508 e. The summed E-state index contributed by atoms with van der Waals surface area (Å²) in [5.41, 5.74) is 0. The first-order chi connectivity index (χ1) is 4.74. The van der Waals surface area contributed by atoms with Crippen LogP contribution in [0.1, 0.15) is 0 Å². The van der Waals surface area contributed by atoms with Crippen LogP contribution in [0.5, 0.6) is 0 Å². The van der Waals surface area contributed by atoms with Gasteiger partial charge in [-0.25, -0.2) is 0 Å². The van der Waals surface area contributed by atoms with E-state index in [4.69, 9.17) is 10.2 Å². The van der Waals surface area contributed by atoms with Crippen molar-refractivity contribution < 1.29 is 15.0 Å². The van der Waals surface area contributed by atoms with Gasteiger partial charge in [-0.1, -0.05) is 6.08 Å². The van der Waals surface area contributed by atoms with E-state index in [0.29, 0.717) is 0 Å². The zero-order valence-electron chi connectivity index (χ0n) is 5.19. The molecule has 1 radical (unpaired) electrons. The molecule has 0 aromatic heterocycles. The van der Waals surface area contributed by atoms with Crippen molar-refractivity contribution in [1.29, 1.82) is 0 Å². The van der Waals surface area contributed by atoms with E-state index < -0.39 is 12.0 Å². The number of rotatable bonds is 1. The van der Waals surface area contributed by atoms with Crippen molar-refractivity contribution in [3.63, 3.8) is 0 Å². The zero-order valence-corrected chi connectivity index (χ0v) is 5.19. The third-order valence-electron chi connectivity index (χ3n) is 1.32. The van der Waals surface area contributed by atoms with Crippen LogP contribution < -0.4 is 0 Å². The molecule has 10 heavy (non-hydrogen) atoms. The van der Waals surface area contributed by atoms with Gasteiger partial charge in [0.1, 0.15) is 5.76 Å². The van der Waals surface area contributed by atoms with Crippen molar-refractivity contribution in [2.75, 3.05) is 0 Å². The molecule has 53 valence electrons. The van der Waals surface area contributed by atoms with Gasteiger partial charge in [0.25, 0.3) is 0 Å². The van der Waals surface area contributed by atoms with Gasteiger partial charge in [0, 0.05) is 0 Å². The standard InChI is InChI=1S/C7H7O3/c8-4-5-3-6(9)1-2-7(5)10/h1-3,5,7,9-10H. The Morgan fingerprint density at radius 2 is 2.30 bits per heavy atom. The summed E-state index contributed by atoms with van der Waals surface area (Å²) in [5.74, 6) is -0.719. The Morgan fingerprint density at radius 1 is 1.60 bits per heavy atom. The lowest BCUT2D eigenvalue weighted by Gasteiger charge is -2.12. The molecule has 0 aromatic carbocycles. The molecule has 3 heteroatoms. The largest absolute Gasteiger partial charge is 0.508 e. The summed E-state index contributed by atoms with van der Waals surface area (Å²) in [7, 11) is 0. The molecular formula is C7H7O3. The van der Waals surface area contributed by atoms with Gasteiger partial charge in [-0.05, 0) is 12.2 Å². The Morgan fingerprint density at radius 3 is 2.80 bits per heavy atom. The Hall–Kier alpha value is -1.09. The first-order valence-corrected chi connectivity index (χ1v) is 2.89. The van der Waals surface area contributed by atoms with Gasteiger partial charge in [0.05, 0.1) is 12.0 Å². The fourth-order valence-electron chi connectivity index (χ4n) is 0.759. The molecule has 1 aliphatic carbocycles. The molecule has 0 aliphatic heterocycles. The third-order valence-corrected chi connectivity index (χ3v) is 1.32. The first kappa shape index (κ1) is 7.02. The van der Waals surface area contributed by atoms with E-state index in [1.54, 1.807) is 6.29 Å². The summed E-state index contributed by atoms with van der Waals surface area (Å²) in [6.45, 7) is 0. The van der Waals surface area contributed by atoms with Crippen molar-refractivity contribution >= 4 is 6.29 Å². The number of carbonyl (C=O) groups excluding carboxylic acids is 1. The van der Waals surface area contributed by atoms with Gasteiger partial charge in [-0.15, -0.1) is 0 Å². The second kappa shape index (κ2) is 2.66. The summed E-state index contributed by atoms with van der Waals surface area (Å²) in [5, 5.41) is 17.8. The monoisotopic (exact) mass is 139 g/mol.